The molecule has 0 fully saturated rings. The lowest BCUT2D eigenvalue weighted by atomic mass is 9.67. The molecular weight excluding hydrogens is 755 g/mol. The molecule has 0 unspecified atom stereocenters. The smallest absolute Gasteiger partial charge is 0.136 e. The number of hydrogen-bond donors (Lipinski definition) is 0. The Kier molecular flexibility index (Phi) is 7.07. The molecular formula is C55H33NOS2. The third kappa shape index (κ3) is 4.70. The molecule has 9 aromatic carbocycles. The fourth-order valence-corrected chi connectivity index (χ4v) is 12.5. The van der Waals surface area contributed by atoms with Crippen molar-refractivity contribution >= 4 is 82.3 Å². The van der Waals surface area contributed by atoms with E-state index in [-0.39, 0.29) is 0 Å². The van der Waals surface area contributed by atoms with Gasteiger partial charge >= 0.3 is 0 Å². The Bertz CT molecular complexity index is 3460. The van der Waals surface area contributed by atoms with Gasteiger partial charge in [0.05, 0.1) is 5.41 Å². The van der Waals surface area contributed by atoms with Gasteiger partial charge in [-0.15, -0.1) is 11.3 Å². The van der Waals surface area contributed by atoms with Gasteiger partial charge in [-0.25, -0.2) is 0 Å². The predicted octanol–water partition coefficient (Wildman–Crippen LogP) is 15.9. The van der Waals surface area contributed by atoms with Crippen LogP contribution in [0, 0.1) is 0 Å². The Morgan fingerprint density at radius 1 is 0.390 bits per heavy atom. The molecule has 1 aliphatic heterocycles. The Morgan fingerprint density at radius 3 is 1.86 bits per heavy atom. The third-order valence-corrected chi connectivity index (χ3v) is 14.8. The van der Waals surface area contributed by atoms with Crippen molar-refractivity contribution in [3.05, 3.63) is 222 Å². The van der Waals surface area contributed by atoms with E-state index in [2.05, 4.69) is 205 Å². The van der Waals surface area contributed by atoms with Crippen molar-refractivity contribution in [2.24, 2.45) is 0 Å². The summed E-state index contributed by atoms with van der Waals surface area (Å²) < 4.78 is 9.13. The van der Waals surface area contributed by atoms with Crippen molar-refractivity contribution in [2.75, 3.05) is 4.90 Å². The molecule has 0 saturated heterocycles. The maximum atomic E-state index is 6.55. The van der Waals surface area contributed by atoms with E-state index in [1.807, 2.05) is 23.1 Å². The number of nitrogens with zero attached hydrogens (tertiary/aromatic N) is 1. The lowest BCUT2D eigenvalue weighted by Gasteiger charge is -2.40. The van der Waals surface area contributed by atoms with Gasteiger partial charge in [-0.1, -0.05) is 151 Å². The summed E-state index contributed by atoms with van der Waals surface area (Å²) in [5.74, 6) is 0. The fraction of sp³-hybridized carbons (Fsp3) is 0.0182. The number of fused-ring (bicyclic) bond motifs is 15. The number of hydrogen-bond acceptors (Lipinski definition) is 4. The van der Waals surface area contributed by atoms with Gasteiger partial charge in [0.2, 0.25) is 0 Å². The Balaban J connectivity index is 1.06. The average Bonchev–Trinajstić information content (AvgIpc) is 3.95. The van der Waals surface area contributed by atoms with Crippen LogP contribution in [0.15, 0.2) is 214 Å². The van der Waals surface area contributed by atoms with Crippen molar-refractivity contribution < 1.29 is 4.42 Å². The molecule has 1 spiro atoms. The van der Waals surface area contributed by atoms with E-state index in [4.69, 9.17) is 4.42 Å². The number of anilines is 3. The fourth-order valence-electron chi connectivity index (χ4n) is 10.1. The first-order valence-corrected chi connectivity index (χ1v) is 21.7. The first kappa shape index (κ1) is 33.2. The number of furan rings is 1. The Hall–Kier alpha value is -6.85. The minimum absolute atomic E-state index is 0.424. The van der Waals surface area contributed by atoms with Gasteiger partial charge in [-0.3, -0.25) is 0 Å². The second-order valence-electron chi connectivity index (χ2n) is 15.6. The lowest BCUT2D eigenvalue weighted by molar-refractivity contribution is 0.669. The van der Waals surface area contributed by atoms with Gasteiger partial charge < -0.3 is 9.32 Å². The quantitative estimate of drug-likeness (QED) is 0.177. The predicted molar refractivity (Wildman–Crippen MR) is 248 cm³/mol. The summed E-state index contributed by atoms with van der Waals surface area (Å²) in [6, 6.07) is 73.7. The van der Waals surface area contributed by atoms with Gasteiger partial charge in [-0.05, 0) is 105 Å². The van der Waals surface area contributed by atoms with Crippen LogP contribution in [0.3, 0.4) is 0 Å². The molecule has 4 heteroatoms. The highest BCUT2D eigenvalue weighted by molar-refractivity contribution is 7.99. The van der Waals surface area contributed by atoms with Crippen molar-refractivity contribution in [2.45, 2.75) is 15.2 Å². The van der Waals surface area contributed by atoms with E-state index in [9.17, 15) is 0 Å². The molecule has 3 heterocycles. The zero-order valence-corrected chi connectivity index (χ0v) is 33.4. The molecule has 1 aliphatic carbocycles. The van der Waals surface area contributed by atoms with Gasteiger partial charge in [0.1, 0.15) is 11.2 Å². The van der Waals surface area contributed by atoms with Crippen molar-refractivity contribution in [3.63, 3.8) is 0 Å². The van der Waals surface area contributed by atoms with Crippen LogP contribution in [0.4, 0.5) is 17.1 Å². The maximum absolute atomic E-state index is 6.55. The normalized spacial score (nSPS) is 13.5. The minimum Gasteiger partial charge on any atom is -0.456 e. The van der Waals surface area contributed by atoms with Crippen molar-refractivity contribution in [1.82, 2.24) is 0 Å². The molecule has 0 radical (unpaired) electrons. The van der Waals surface area contributed by atoms with Gasteiger partial charge in [0, 0.05) is 57.8 Å². The Morgan fingerprint density at radius 2 is 1.02 bits per heavy atom. The molecule has 0 bridgehead atoms. The zero-order chi connectivity index (χ0) is 38.7. The molecule has 13 rings (SSSR count). The SMILES string of the molecule is c1ccc(-c2cccc3oc4ccc(N(c5ccc6c(c5)Sc5ccccc5C65c6ccccc6-c6ccccc65)c5ccc6c(c5)sc5ccccc56)cc4c23)cc1. The molecule has 2 nitrogen and oxygen atoms in total. The van der Waals surface area contributed by atoms with E-state index < -0.39 is 5.41 Å². The van der Waals surface area contributed by atoms with E-state index in [0.717, 1.165) is 39.0 Å². The highest BCUT2D eigenvalue weighted by atomic mass is 32.2. The van der Waals surface area contributed by atoms with Gasteiger partial charge in [0.25, 0.3) is 0 Å². The summed E-state index contributed by atoms with van der Waals surface area (Å²) in [6.07, 6.45) is 0. The molecule has 0 amide bonds. The van der Waals surface area contributed by atoms with E-state index in [1.165, 1.54) is 74.5 Å². The first-order chi connectivity index (χ1) is 29.2. The number of thiophene rings is 1. The van der Waals surface area contributed by atoms with Crippen LogP contribution < -0.4 is 4.90 Å². The second kappa shape index (κ2) is 12.6. The summed E-state index contributed by atoms with van der Waals surface area (Å²) in [6.45, 7) is 0. The maximum Gasteiger partial charge on any atom is 0.136 e. The molecule has 59 heavy (non-hydrogen) atoms. The van der Waals surface area contributed by atoms with E-state index in [1.54, 1.807) is 0 Å². The van der Waals surface area contributed by atoms with E-state index >= 15 is 0 Å². The van der Waals surface area contributed by atoms with Crippen molar-refractivity contribution in [3.8, 4) is 22.3 Å². The highest BCUT2D eigenvalue weighted by Gasteiger charge is 2.50. The monoisotopic (exact) mass is 787 g/mol. The molecule has 0 saturated carbocycles. The third-order valence-electron chi connectivity index (χ3n) is 12.5. The summed E-state index contributed by atoms with van der Waals surface area (Å²) in [4.78, 5) is 5.00. The molecule has 276 valence electrons. The van der Waals surface area contributed by atoms with Gasteiger partial charge in [0.15, 0.2) is 0 Å². The van der Waals surface area contributed by atoms with Crippen LogP contribution in [-0.4, -0.2) is 0 Å². The average molecular weight is 788 g/mol. The van der Waals surface area contributed by atoms with E-state index in [0.29, 0.717) is 0 Å². The zero-order valence-electron chi connectivity index (χ0n) is 31.7. The summed E-state index contributed by atoms with van der Waals surface area (Å²) in [5.41, 5.74) is 15.0. The van der Waals surface area contributed by atoms with Crippen LogP contribution in [0.25, 0.3) is 64.4 Å². The van der Waals surface area contributed by atoms with Crippen molar-refractivity contribution in [1.29, 1.82) is 0 Å². The summed E-state index contributed by atoms with van der Waals surface area (Å²) in [7, 11) is 0. The summed E-state index contributed by atoms with van der Waals surface area (Å²) >= 11 is 3.74. The number of rotatable bonds is 4. The standard InChI is InChI=1S/C55H33NOS2/c1-2-13-34(14-3-1)38-18-12-22-49-54(38)43-31-35(27-30-48(43)57-49)56(36-25-28-42-41-17-6-10-23-50(41)58-52(42)32-36)37-26-29-47-53(33-37)59-51-24-11-9-21-46(51)55(47)44-19-7-4-15-39(44)40-16-5-8-20-45(40)55/h1-33H. The molecule has 11 aromatic rings. The number of benzene rings is 9. The van der Waals surface area contributed by atoms with Crippen LogP contribution in [0.5, 0.6) is 0 Å². The molecule has 0 atom stereocenters. The topological polar surface area (TPSA) is 16.4 Å². The molecule has 2 aromatic heterocycles. The minimum atomic E-state index is -0.424. The van der Waals surface area contributed by atoms with Crippen LogP contribution in [-0.2, 0) is 5.41 Å². The Labute approximate surface area is 349 Å². The largest absolute Gasteiger partial charge is 0.456 e. The lowest BCUT2D eigenvalue weighted by Crippen LogP contribution is -2.32. The van der Waals surface area contributed by atoms with Crippen LogP contribution >= 0.6 is 23.1 Å². The summed E-state index contributed by atoms with van der Waals surface area (Å²) in [5, 5.41) is 4.82. The highest BCUT2D eigenvalue weighted by Crippen LogP contribution is 2.62. The molecule has 2 aliphatic rings. The molecule has 0 N–H and O–H groups in total. The van der Waals surface area contributed by atoms with Crippen LogP contribution in [0.1, 0.15) is 22.3 Å². The second-order valence-corrected chi connectivity index (χ2v) is 17.7. The van der Waals surface area contributed by atoms with Gasteiger partial charge in [-0.2, -0.15) is 0 Å². The first-order valence-electron chi connectivity index (χ1n) is 20.1. The van der Waals surface area contributed by atoms with Crippen LogP contribution in [0.2, 0.25) is 0 Å².